The number of pyridine rings is 1. The van der Waals surface area contributed by atoms with E-state index in [4.69, 9.17) is 14.5 Å². The van der Waals surface area contributed by atoms with Gasteiger partial charge in [0.05, 0.1) is 11.3 Å². The maximum atomic E-state index is 10.0. The molecule has 0 unspecified atom stereocenters. The van der Waals surface area contributed by atoms with Crippen LogP contribution in [0.25, 0.3) is 53.9 Å². The van der Waals surface area contributed by atoms with E-state index in [2.05, 4.69) is 96.1 Å². The Kier molecular flexibility index (Phi) is 9.70. The number of fused-ring (bicyclic) bond motifs is 4. The summed E-state index contributed by atoms with van der Waals surface area (Å²) < 4.78 is 6.25. The van der Waals surface area contributed by atoms with Gasteiger partial charge in [-0.05, 0) is 71.3 Å². The molecule has 0 saturated heterocycles. The summed E-state index contributed by atoms with van der Waals surface area (Å²) in [5, 5.41) is 11.7. The van der Waals surface area contributed by atoms with E-state index in [1.807, 2.05) is 24.3 Å². The third-order valence-electron chi connectivity index (χ3n) is 7.34. The number of rotatable bonds is 3. The quantitative estimate of drug-likeness (QED) is 0.110. The van der Waals surface area contributed by atoms with Crippen molar-refractivity contribution in [3.8, 4) is 21.7 Å². The average molecular weight is 781 g/mol. The van der Waals surface area contributed by atoms with E-state index >= 15 is 0 Å². The fourth-order valence-electron chi connectivity index (χ4n) is 5.01. The molecule has 0 spiro atoms. The number of hydrogen-bond donors (Lipinski definition) is 1. The van der Waals surface area contributed by atoms with Crippen LogP contribution < -0.4 is 0 Å². The van der Waals surface area contributed by atoms with Gasteiger partial charge in [-0.3, -0.25) is 9.78 Å². The molecular weight excluding hydrogens is 743 g/mol. The van der Waals surface area contributed by atoms with Crippen LogP contribution in [0.2, 0.25) is 0 Å². The summed E-state index contributed by atoms with van der Waals surface area (Å²) in [5.41, 5.74) is 7.69. The molecule has 0 amide bonds. The van der Waals surface area contributed by atoms with Gasteiger partial charge in [0.2, 0.25) is 0 Å². The zero-order valence-electron chi connectivity index (χ0n) is 26.5. The molecule has 44 heavy (non-hydrogen) atoms. The molecule has 1 N–H and O–H groups in total. The van der Waals surface area contributed by atoms with Crippen molar-refractivity contribution in [3.63, 3.8) is 0 Å². The SMILES string of the molecule is CC(=O)/C=C(/C)O.CC(C)(C)c1cc(-c2cc3ccc(-c4[c-]ccc5c4oc4ccccc45)nc3s2)cc(C(C)(C)C)c1.[Ir]. The summed E-state index contributed by atoms with van der Waals surface area (Å²) in [5.74, 6) is -0.0625. The summed E-state index contributed by atoms with van der Waals surface area (Å²) in [6.07, 6.45) is 1.17. The number of aromatic nitrogens is 1. The molecule has 6 aromatic rings. The molecule has 3 heterocycles. The van der Waals surface area contributed by atoms with E-state index < -0.39 is 0 Å². The number of aliphatic hydroxyl groups excluding tert-OH is 1. The molecule has 3 aromatic heterocycles. The van der Waals surface area contributed by atoms with Crippen molar-refractivity contribution in [3.05, 3.63) is 102 Å². The van der Waals surface area contributed by atoms with Crippen molar-refractivity contribution in [2.24, 2.45) is 0 Å². The number of hydrogen-bond acceptors (Lipinski definition) is 5. The Balaban J connectivity index is 0.000000497. The molecule has 0 aliphatic rings. The van der Waals surface area contributed by atoms with Crippen LogP contribution in [-0.4, -0.2) is 15.9 Å². The first kappa shape index (κ1) is 33.3. The van der Waals surface area contributed by atoms with Crippen molar-refractivity contribution in [1.82, 2.24) is 4.98 Å². The number of thiophene rings is 1. The summed E-state index contributed by atoms with van der Waals surface area (Å²) >= 11 is 1.75. The van der Waals surface area contributed by atoms with Gasteiger partial charge < -0.3 is 9.52 Å². The topological polar surface area (TPSA) is 63.3 Å². The summed E-state index contributed by atoms with van der Waals surface area (Å²) in [7, 11) is 0. The second-order valence-electron chi connectivity index (χ2n) is 13.1. The van der Waals surface area contributed by atoms with Crippen molar-refractivity contribution < 1.29 is 34.4 Å². The number of benzene rings is 3. The molecular formula is C38H38IrNO3S-. The molecule has 3 aromatic carbocycles. The minimum Gasteiger partial charge on any atom is -0.512 e. The number of allylic oxidation sites excluding steroid dienone is 2. The van der Waals surface area contributed by atoms with Crippen LogP contribution in [0.5, 0.6) is 0 Å². The molecule has 0 atom stereocenters. The molecule has 4 nitrogen and oxygen atoms in total. The van der Waals surface area contributed by atoms with Crippen LogP contribution >= 0.6 is 11.3 Å². The molecule has 1 radical (unpaired) electrons. The second kappa shape index (κ2) is 12.8. The van der Waals surface area contributed by atoms with E-state index in [0.717, 1.165) is 43.4 Å². The van der Waals surface area contributed by atoms with Crippen molar-refractivity contribution in [1.29, 1.82) is 0 Å². The Morgan fingerprint density at radius 3 is 2.14 bits per heavy atom. The number of ketones is 1. The van der Waals surface area contributed by atoms with E-state index in [1.54, 1.807) is 11.3 Å². The van der Waals surface area contributed by atoms with Crippen molar-refractivity contribution in [2.75, 3.05) is 0 Å². The average Bonchev–Trinajstić information content (AvgIpc) is 3.52. The van der Waals surface area contributed by atoms with Crippen molar-refractivity contribution >= 4 is 49.3 Å². The number of furan rings is 1. The minimum absolute atomic E-state index is 0. The first-order valence-electron chi connectivity index (χ1n) is 14.5. The fourth-order valence-corrected chi connectivity index (χ4v) is 6.03. The molecule has 0 aliphatic carbocycles. The fraction of sp³-hybridized carbons (Fsp3) is 0.263. The van der Waals surface area contributed by atoms with Crippen LogP contribution in [0.3, 0.4) is 0 Å². The Morgan fingerprint density at radius 2 is 1.55 bits per heavy atom. The van der Waals surface area contributed by atoms with E-state index in [1.165, 1.54) is 41.5 Å². The standard InChI is InChI=1S/C33H30NOS.C5H8O2.Ir/c1-32(2,3)22-16-21(17-23(19-22)33(4,5)6)29-18-20-14-15-27(34-31(20)36-29)26-12-9-11-25-24-10-7-8-13-28(24)35-30(25)26;1-4(6)3-5(2)7;/h7-11,13-19H,1-6H3;3,6H,1-2H3;/q-1;;/b;4-3-;. The number of aliphatic hydroxyl groups is 1. The normalized spacial score (nSPS) is 12.2. The van der Waals surface area contributed by atoms with Gasteiger partial charge >= 0.3 is 0 Å². The largest absolute Gasteiger partial charge is 0.512 e. The van der Waals surface area contributed by atoms with Gasteiger partial charge in [-0.2, -0.15) is 0 Å². The van der Waals surface area contributed by atoms with Crippen LogP contribution in [0.15, 0.2) is 89.0 Å². The Morgan fingerprint density at radius 1 is 0.886 bits per heavy atom. The van der Waals surface area contributed by atoms with Gasteiger partial charge in [-0.25, -0.2) is 0 Å². The Bertz CT molecular complexity index is 1960. The molecule has 0 fully saturated rings. The second-order valence-corrected chi connectivity index (χ2v) is 14.1. The smallest absolute Gasteiger partial charge is 0.155 e. The Labute approximate surface area is 277 Å². The molecule has 6 rings (SSSR count). The van der Waals surface area contributed by atoms with Crippen LogP contribution in [0.4, 0.5) is 0 Å². The Hall–Kier alpha value is -3.57. The first-order chi connectivity index (χ1) is 20.2. The number of carbonyl (C=O) groups excluding carboxylic acids is 1. The van der Waals surface area contributed by atoms with Crippen LogP contribution in [0, 0.1) is 6.07 Å². The summed E-state index contributed by atoms with van der Waals surface area (Å²) in [6, 6.07) is 29.2. The maximum absolute atomic E-state index is 10.0. The molecule has 0 bridgehead atoms. The zero-order valence-corrected chi connectivity index (χ0v) is 29.7. The minimum atomic E-state index is -0.125. The number of para-hydroxylation sites is 1. The predicted molar refractivity (Wildman–Crippen MR) is 181 cm³/mol. The molecule has 6 heteroatoms. The van der Waals surface area contributed by atoms with E-state index in [0.29, 0.717) is 0 Å². The van der Waals surface area contributed by atoms with Gasteiger partial charge in [0.25, 0.3) is 0 Å². The molecule has 229 valence electrons. The van der Waals surface area contributed by atoms with Gasteiger partial charge in [0, 0.05) is 41.8 Å². The van der Waals surface area contributed by atoms with Crippen LogP contribution in [0.1, 0.15) is 66.5 Å². The van der Waals surface area contributed by atoms with Crippen molar-refractivity contribution in [2.45, 2.75) is 66.2 Å². The van der Waals surface area contributed by atoms with Gasteiger partial charge in [0.15, 0.2) is 5.78 Å². The monoisotopic (exact) mass is 781 g/mol. The first-order valence-corrected chi connectivity index (χ1v) is 15.3. The van der Waals surface area contributed by atoms with Gasteiger partial charge in [-0.15, -0.1) is 29.5 Å². The van der Waals surface area contributed by atoms with Gasteiger partial charge in [-0.1, -0.05) is 88.9 Å². The summed E-state index contributed by atoms with van der Waals surface area (Å²) in [6.45, 7) is 16.6. The van der Waals surface area contributed by atoms with Crippen LogP contribution in [-0.2, 0) is 35.7 Å². The van der Waals surface area contributed by atoms with E-state index in [-0.39, 0.29) is 42.5 Å². The predicted octanol–water partition coefficient (Wildman–Crippen LogP) is 11.0. The number of nitrogens with zero attached hydrogens (tertiary/aromatic N) is 1. The third kappa shape index (κ3) is 7.21. The maximum Gasteiger partial charge on any atom is 0.155 e. The van der Waals surface area contributed by atoms with E-state index in [9.17, 15) is 4.79 Å². The summed E-state index contributed by atoms with van der Waals surface area (Å²) in [4.78, 5) is 17.4. The zero-order chi connectivity index (χ0) is 31.1. The molecule has 0 saturated carbocycles. The molecule has 0 aliphatic heterocycles. The number of carbonyl (C=O) groups is 1. The third-order valence-corrected chi connectivity index (χ3v) is 8.43. The van der Waals surface area contributed by atoms with Gasteiger partial charge in [0.1, 0.15) is 10.4 Å².